The predicted molar refractivity (Wildman–Crippen MR) is 73.9 cm³/mol. The Morgan fingerprint density at radius 3 is 2.76 bits per heavy atom. The highest BCUT2D eigenvalue weighted by atomic mass is 35.5. The Kier molecular flexibility index (Phi) is 3.93. The lowest BCUT2D eigenvalue weighted by Crippen LogP contribution is -2.27. The number of nitrogens with zero attached hydrogens (tertiary/aromatic N) is 2. The number of rotatable bonds is 3. The van der Waals surface area contributed by atoms with Crippen molar-refractivity contribution >= 4 is 17.4 Å². The van der Waals surface area contributed by atoms with Gasteiger partial charge in [0.25, 0.3) is 0 Å². The maximum Gasteiger partial charge on any atom is 0.129 e. The largest absolute Gasteiger partial charge is 0.354 e. The molecule has 0 saturated carbocycles. The molecule has 0 aliphatic carbocycles. The number of hydrogen-bond donors (Lipinski definition) is 0. The summed E-state index contributed by atoms with van der Waals surface area (Å²) < 4.78 is 0. The minimum absolute atomic E-state index is 0.454. The average molecular weight is 253 g/mol. The van der Waals surface area contributed by atoms with Crippen LogP contribution in [0, 0.1) is 0 Å². The Hall–Kier alpha value is -0.760. The van der Waals surface area contributed by atoms with Crippen molar-refractivity contribution in [2.24, 2.45) is 0 Å². The highest BCUT2D eigenvalue weighted by Crippen LogP contribution is 2.27. The van der Waals surface area contributed by atoms with Gasteiger partial charge in [-0.05, 0) is 43.4 Å². The molecule has 0 amide bonds. The fourth-order valence-electron chi connectivity index (χ4n) is 2.39. The Morgan fingerprint density at radius 2 is 2.24 bits per heavy atom. The standard InChI is InChI=1S/C14H21ClN2/c1-10(2)13-7-12(9-15)8-14(16-13)17-6-4-5-11(17)3/h7-8,10-11H,4-6,9H2,1-3H3. The molecule has 1 aliphatic heterocycles. The second kappa shape index (κ2) is 5.26. The van der Waals surface area contributed by atoms with Crippen molar-refractivity contribution in [3.63, 3.8) is 0 Å². The van der Waals surface area contributed by atoms with Crippen LogP contribution in [0.25, 0.3) is 0 Å². The van der Waals surface area contributed by atoms with Crippen molar-refractivity contribution in [2.45, 2.75) is 51.5 Å². The van der Waals surface area contributed by atoms with E-state index in [1.807, 2.05) is 0 Å². The van der Waals surface area contributed by atoms with E-state index in [0.29, 0.717) is 17.8 Å². The van der Waals surface area contributed by atoms with E-state index in [-0.39, 0.29) is 0 Å². The van der Waals surface area contributed by atoms with Crippen LogP contribution in [0.1, 0.15) is 50.8 Å². The highest BCUT2D eigenvalue weighted by molar-refractivity contribution is 6.17. The Bertz CT molecular complexity index is 390. The molecule has 1 aliphatic rings. The molecule has 1 aromatic rings. The van der Waals surface area contributed by atoms with E-state index in [1.54, 1.807) is 0 Å². The fraction of sp³-hybridized carbons (Fsp3) is 0.643. The van der Waals surface area contributed by atoms with Gasteiger partial charge in [-0.3, -0.25) is 0 Å². The van der Waals surface area contributed by atoms with Gasteiger partial charge in [0.15, 0.2) is 0 Å². The van der Waals surface area contributed by atoms with Gasteiger partial charge in [0.1, 0.15) is 5.82 Å². The van der Waals surface area contributed by atoms with Crippen LogP contribution in [0.3, 0.4) is 0 Å². The van der Waals surface area contributed by atoms with E-state index in [2.05, 4.69) is 37.8 Å². The van der Waals surface area contributed by atoms with Crippen LogP contribution in [-0.2, 0) is 5.88 Å². The summed E-state index contributed by atoms with van der Waals surface area (Å²) >= 11 is 5.97. The molecule has 0 spiro atoms. The summed E-state index contributed by atoms with van der Waals surface area (Å²) in [7, 11) is 0. The van der Waals surface area contributed by atoms with Crippen molar-refractivity contribution in [3.8, 4) is 0 Å². The van der Waals surface area contributed by atoms with Crippen LogP contribution >= 0.6 is 11.6 Å². The minimum Gasteiger partial charge on any atom is -0.354 e. The van der Waals surface area contributed by atoms with Gasteiger partial charge in [0, 0.05) is 24.2 Å². The van der Waals surface area contributed by atoms with Crippen molar-refractivity contribution in [1.29, 1.82) is 0 Å². The molecule has 0 bridgehead atoms. The summed E-state index contributed by atoms with van der Waals surface area (Å²) in [6.45, 7) is 7.75. The van der Waals surface area contributed by atoms with E-state index >= 15 is 0 Å². The zero-order valence-electron chi connectivity index (χ0n) is 10.9. The number of pyridine rings is 1. The van der Waals surface area contributed by atoms with Gasteiger partial charge in [-0.2, -0.15) is 0 Å². The number of aromatic nitrogens is 1. The lowest BCUT2D eigenvalue weighted by Gasteiger charge is -2.24. The van der Waals surface area contributed by atoms with Crippen molar-refractivity contribution in [3.05, 3.63) is 23.4 Å². The molecule has 0 radical (unpaired) electrons. The van der Waals surface area contributed by atoms with Gasteiger partial charge in [-0.15, -0.1) is 11.6 Å². The molecule has 2 rings (SSSR count). The monoisotopic (exact) mass is 252 g/mol. The summed E-state index contributed by atoms with van der Waals surface area (Å²) in [5.41, 5.74) is 2.33. The third kappa shape index (κ3) is 2.74. The number of alkyl halides is 1. The zero-order chi connectivity index (χ0) is 12.4. The van der Waals surface area contributed by atoms with Crippen LogP contribution < -0.4 is 4.90 Å². The Labute approximate surface area is 109 Å². The Morgan fingerprint density at radius 1 is 1.47 bits per heavy atom. The minimum atomic E-state index is 0.454. The summed E-state index contributed by atoms with van der Waals surface area (Å²) in [6.07, 6.45) is 2.54. The van der Waals surface area contributed by atoms with Crippen molar-refractivity contribution < 1.29 is 0 Å². The van der Waals surface area contributed by atoms with Crippen LogP contribution in [0.4, 0.5) is 5.82 Å². The summed E-state index contributed by atoms with van der Waals surface area (Å²) in [5.74, 6) is 2.13. The third-order valence-corrected chi connectivity index (χ3v) is 3.79. The third-order valence-electron chi connectivity index (χ3n) is 3.48. The van der Waals surface area contributed by atoms with Crippen LogP contribution in [0.15, 0.2) is 12.1 Å². The smallest absolute Gasteiger partial charge is 0.129 e. The second-order valence-corrected chi connectivity index (χ2v) is 5.50. The van der Waals surface area contributed by atoms with Crippen molar-refractivity contribution in [1.82, 2.24) is 4.98 Å². The maximum atomic E-state index is 5.97. The first-order chi connectivity index (χ1) is 8.11. The van der Waals surface area contributed by atoms with E-state index in [9.17, 15) is 0 Å². The lowest BCUT2D eigenvalue weighted by molar-refractivity contribution is 0.719. The van der Waals surface area contributed by atoms with E-state index in [1.165, 1.54) is 18.4 Å². The number of anilines is 1. The molecule has 0 N–H and O–H groups in total. The first kappa shape index (κ1) is 12.7. The highest BCUT2D eigenvalue weighted by Gasteiger charge is 2.22. The molecule has 94 valence electrons. The predicted octanol–water partition coefficient (Wildman–Crippen LogP) is 3.93. The summed E-state index contributed by atoms with van der Waals surface area (Å²) in [5, 5.41) is 0. The fourth-order valence-corrected chi connectivity index (χ4v) is 2.54. The molecular weight excluding hydrogens is 232 g/mol. The molecule has 17 heavy (non-hydrogen) atoms. The van der Waals surface area contributed by atoms with Gasteiger partial charge in [0.2, 0.25) is 0 Å². The quantitative estimate of drug-likeness (QED) is 0.758. The van der Waals surface area contributed by atoms with Gasteiger partial charge in [-0.1, -0.05) is 13.8 Å². The van der Waals surface area contributed by atoms with Crippen LogP contribution in [-0.4, -0.2) is 17.6 Å². The van der Waals surface area contributed by atoms with Gasteiger partial charge < -0.3 is 4.90 Å². The molecule has 2 nitrogen and oxygen atoms in total. The van der Waals surface area contributed by atoms with Crippen LogP contribution in [0.2, 0.25) is 0 Å². The van der Waals surface area contributed by atoms with Gasteiger partial charge in [0.05, 0.1) is 0 Å². The average Bonchev–Trinajstić information content (AvgIpc) is 2.74. The lowest BCUT2D eigenvalue weighted by atomic mass is 10.1. The van der Waals surface area contributed by atoms with Gasteiger partial charge in [-0.25, -0.2) is 4.98 Å². The molecule has 1 atom stereocenters. The Balaban J connectivity index is 2.35. The summed E-state index contributed by atoms with van der Waals surface area (Å²) in [6, 6.07) is 4.87. The molecule has 1 saturated heterocycles. The van der Waals surface area contributed by atoms with Crippen molar-refractivity contribution in [2.75, 3.05) is 11.4 Å². The van der Waals surface area contributed by atoms with Crippen LogP contribution in [0.5, 0.6) is 0 Å². The van der Waals surface area contributed by atoms with Gasteiger partial charge >= 0.3 is 0 Å². The zero-order valence-corrected chi connectivity index (χ0v) is 11.7. The topological polar surface area (TPSA) is 16.1 Å². The first-order valence-electron chi connectivity index (χ1n) is 6.45. The van der Waals surface area contributed by atoms with E-state index < -0.39 is 0 Å². The molecule has 3 heteroatoms. The number of hydrogen-bond acceptors (Lipinski definition) is 2. The SMILES string of the molecule is CC(C)c1cc(CCl)cc(N2CCCC2C)n1. The first-order valence-corrected chi connectivity index (χ1v) is 6.98. The molecule has 1 unspecified atom stereocenters. The molecule has 0 aromatic carbocycles. The van der Waals surface area contributed by atoms with E-state index in [0.717, 1.165) is 18.1 Å². The molecule has 1 aromatic heterocycles. The van der Waals surface area contributed by atoms with E-state index in [4.69, 9.17) is 16.6 Å². The maximum absolute atomic E-state index is 5.97. The molecule has 1 fully saturated rings. The number of halogens is 1. The summed E-state index contributed by atoms with van der Waals surface area (Å²) in [4.78, 5) is 7.19. The molecular formula is C14H21ClN2. The molecule has 2 heterocycles. The second-order valence-electron chi connectivity index (χ2n) is 5.23. The normalized spacial score (nSPS) is 20.3.